The summed E-state index contributed by atoms with van der Waals surface area (Å²) < 4.78 is 16.7. The molecule has 7 heteroatoms. The Hall–Kier alpha value is -0.500. The number of thiocarbonyl (C=S) groups is 1. The van der Waals surface area contributed by atoms with Crippen LogP contribution in [0.5, 0.6) is 0 Å². The summed E-state index contributed by atoms with van der Waals surface area (Å²) in [6, 6.07) is 0. The largest absolute Gasteiger partial charge is 0.390 e. The summed E-state index contributed by atoms with van der Waals surface area (Å²) in [6.07, 6.45) is -1.26. The molecule has 1 aliphatic rings. The van der Waals surface area contributed by atoms with Gasteiger partial charge in [0.15, 0.2) is 5.11 Å². The number of nitrogens with one attached hydrogen (secondary N) is 1. The molecule has 0 aromatic heterocycles. The summed E-state index contributed by atoms with van der Waals surface area (Å²) in [6.45, 7) is 2.53. The molecule has 5 nitrogen and oxygen atoms in total. The Balaban J connectivity index is 0.000000325. The fourth-order valence-electron chi connectivity index (χ4n) is 1.24. The predicted molar refractivity (Wildman–Crippen MR) is 67.4 cm³/mol. The minimum absolute atomic E-state index is 0.326. The Kier molecular flexibility index (Phi) is 9.24. The third-order valence-corrected chi connectivity index (χ3v) is 2.37. The van der Waals surface area contributed by atoms with E-state index in [0.717, 1.165) is 13.0 Å². The number of aliphatic hydroxyl groups excluding tert-OH is 2. The summed E-state index contributed by atoms with van der Waals surface area (Å²) in [7, 11) is 0. The summed E-state index contributed by atoms with van der Waals surface area (Å²) in [5, 5.41) is 21.2. The third kappa shape index (κ3) is 7.43. The molecule has 0 aromatic carbocycles. The molecule has 2 unspecified atom stereocenters. The lowest BCUT2D eigenvalue weighted by Gasteiger charge is -2.29. The molecule has 17 heavy (non-hydrogen) atoms. The number of ether oxygens (including phenoxy) is 1. The number of aliphatic hydroxyl groups is 2. The van der Waals surface area contributed by atoms with Crippen molar-refractivity contribution in [3.05, 3.63) is 0 Å². The third-order valence-electron chi connectivity index (χ3n) is 2.22. The van der Waals surface area contributed by atoms with Crippen molar-refractivity contribution >= 4 is 17.3 Å². The molecule has 1 rings (SSSR count). The van der Waals surface area contributed by atoms with Crippen molar-refractivity contribution in [1.29, 1.82) is 0 Å². The molecule has 1 saturated heterocycles. The van der Waals surface area contributed by atoms with Crippen molar-refractivity contribution in [2.24, 2.45) is 5.73 Å². The molecule has 1 heterocycles. The fourth-order valence-corrected chi connectivity index (χ4v) is 1.34. The van der Waals surface area contributed by atoms with E-state index in [4.69, 9.17) is 20.7 Å². The molecule has 0 saturated carbocycles. The first-order chi connectivity index (χ1) is 8.02. The van der Waals surface area contributed by atoms with Crippen LogP contribution in [0, 0.1) is 0 Å². The molecule has 3 atom stereocenters. The van der Waals surface area contributed by atoms with E-state index in [1.54, 1.807) is 0 Å². The second kappa shape index (κ2) is 9.52. The molecule has 0 spiro atoms. The zero-order chi connectivity index (χ0) is 13.3. The van der Waals surface area contributed by atoms with Gasteiger partial charge in [0.25, 0.3) is 0 Å². The van der Waals surface area contributed by atoms with Crippen molar-refractivity contribution in [3.63, 3.8) is 0 Å². The highest BCUT2D eigenvalue weighted by atomic mass is 32.1. The van der Waals surface area contributed by atoms with Crippen molar-refractivity contribution < 1.29 is 19.3 Å². The second-order valence-electron chi connectivity index (χ2n) is 3.70. The van der Waals surface area contributed by atoms with Crippen molar-refractivity contribution in [2.75, 3.05) is 19.8 Å². The highest BCUT2D eigenvalue weighted by molar-refractivity contribution is 7.80. The van der Waals surface area contributed by atoms with Crippen LogP contribution in [0.3, 0.4) is 0 Å². The van der Waals surface area contributed by atoms with Gasteiger partial charge < -0.3 is 26.0 Å². The maximum atomic E-state index is 11.9. The number of nitrogens with two attached hydrogens (primary N) is 1. The van der Waals surface area contributed by atoms with Crippen molar-refractivity contribution in [2.45, 2.75) is 38.1 Å². The van der Waals surface area contributed by atoms with E-state index >= 15 is 0 Å². The molecule has 1 aliphatic heterocycles. The molecule has 0 aliphatic carbocycles. The zero-order valence-electron chi connectivity index (χ0n) is 9.93. The number of hydrogen-bond donors (Lipinski definition) is 4. The van der Waals surface area contributed by atoms with Gasteiger partial charge in [0.05, 0.1) is 6.10 Å². The lowest BCUT2D eigenvalue weighted by Crippen LogP contribution is -2.45. The van der Waals surface area contributed by atoms with E-state index in [2.05, 4.69) is 24.5 Å². The van der Waals surface area contributed by atoms with Crippen LogP contribution in [-0.2, 0) is 4.74 Å². The summed E-state index contributed by atoms with van der Waals surface area (Å²) in [5.41, 5.74) is 5.10. The highest BCUT2D eigenvalue weighted by Gasteiger charge is 2.30. The zero-order valence-corrected chi connectivity index (χ0v) is 10.8. The first-order valence-corrected chi connectivity index (χ1v) is 6.00. The van der Waals surface area contributed by atoms with Crippen molar-refractivity contribution in [1.82, 2.24) is 5.32 Å². The van der Waals surface area contributed by atoms with Crippen LogP contribution in [0.1, 0.15) is 19.8 Å². The average molecular weight is 268 g/mol. The number of hydrogen-bond acceptors (Lipinski definition) is 4. The first-order valence-electron chi connectivity index (χ1n) is 5.59. The van der Waals surface area contributed by atoms with Crippen LogP contribution in [-0.4, -0.2) is 53.5 Å². The van der Waals surface area contributed by atoms with E-state index in [9.17, 15) is 4.39 Å². The monoisotopic (exact) mass is 268 g/mol. The molecule has 0 bridgehead atoms. The van der Waals surface area contributed by atoms with Gasteiger partial charge in [0, 0.05) is 13.2 Å². The SMILES string of the molecule is CCCNC(N)=S.OC1CCOC(CF)[C@H]1O. The Morgan fingerprint density at radius 2 is 2.24 bits per heavy atom. The second-order valence-corrected chi connectivity index (χ2v) is 4.14. The van der Waals surface area contributed by atoms with E-state index in [1.165, 1.54) is 0 Å². The van der Waals surface area contributed by atoms with E-state index < -0.39 is 25.0 Å². The standard InChI is InChI=1S/C6H11FO3.C4H10N2S/c7-3-5-6(9)4(8)1-2-10-5;1-2-3-6-4(5)7/h4-6,8-9H,1-3H2;2-3H2,1H3,(H3,5,6,7)/t4?,5?,6-;/m0./s1. The minimum atomic E-state index is -1.06. The molecule has 0 amide bonds. The van der Waals surface area contributed by atoms with E-state index in [-0.39, 0.29) is 0 Å². The maximum absolute atomic E-state index is 11.9. The molecule has 102 valence electrons. The predicted octanol–water partition coefficient (Wildman–Crippen LogP) is -0.304. The lowest BCUT2D eigenvalue weighted by molar-refractivity contribution is -0.139. The van der Waals surface area contributed by atoms with Gasteiger partial charge >= 0.3 is 0 Å². The molecule has 0 aromatic rings. The van der Waals surface area contributed by atoms with Crippen LogP contribution >= 0.6 is 12.2 Å². The van der Waals surface area contributed by atoms with Crippen LogP contribution < -0.4 is 11.1 Å². The lowest BCUT2D eigenvalue weighted by atomic mass is 10.0. The van der Waals surface area contributed by atoms with Crippen molar-refractivity contribution in [3.8, 4) is 0 Å². The van der Waals surface area contributed by atoms with Crippen LogP contribution in [0.2, 0.25) is 0 Å². The molecule has 1 fully saturated rings. The summed E-state index contributed by atoms with van der Waals surface area (Å²) in [5.74, 6) is 0. The van der Waals surface area contributed by atoms with Gasteiger partial charge in [-0.25, -0.2) is 4.39 Å². The van der Waals surface area contributed by atoms with Crippen LogP contribution in [0.15, 0.2) is 0 Å². The van der Waals surface area contributed by atoms with Gasteiger partial charge in [0.2, 0.25) is 0 Å². The topological polar surface area (TPSA) is 87.7 Å². The first kappa shape index (κ1) is 16.5. The number of halogens is 1. The number of alkyl halides is 1. The number of rotatable bonds is 3. The molecular weight excluding hydrogens is 247 g/mol. The van der Waals surface area contributed by atoms with Gasteiger partial charge in [-0.05, 0) is 25.1 Å². The van der Waals surface area contributed by atoms with Crippen LogP contribution in [0.4, 0.5) is 4.39 Å². The van der Waals surface area contributed by atoms with Gasteiger partial charge in [-0.1, -0.05) is 6.92 Å². The van der Waals surface area contributed by atoms with Gasteiger partial charge in [-0.3, -0.25) is 0 Å². The fraction of sp³-hybridized carbons (Fsp3) is 0.900. The average Bonchev–Trinajstić information content (AvgIpc) is 2.31. The van der Waals surface area contributed by atoms with E-state index in [0.29, 0.717) is 18.1 Å². The molecule has 5 N–H and O–H groups in total. The highest BCUT2D eigenvalue weighted by Crippen LogP contribution is 2.14. The normalized spacial score (nSPS) is 27.9. The summed E-state index contributed by atoms with van der Waals surface area (Å²) in [4.78, 5) is 0. The Bertz CT molecular complexity index is 222. The summed E-state index contributed by atoms with van der Waals surface area (Å²) >= 11 is 4.53. The van der Waals surface area contributed by atoms with Gasteiger partial charge in [-0.15, -0.1) is 0 Å². The maximum Gasteiger partial charge on any atom is 0.163 e. The minimum Gasteiger partial charge on any atom is -0.390 e. The quantitative estimate of drug-likeness (QED) is 0.526. The molecule has 0 radical (unpaired) electrons. The Morgan fingerprint density at radius 1 is 1.59 bits per heavy atom. The smallest absolute Gasteiger partial charge is 0.163 e. The van der Waals surface area contributed by atoms with Crippen LogP contribution in [0.25, 0.3) is 0 Å². The van der Waals surface area contributed by atoms with Gasteiger partial charge in [0.1, 0.15) is 18.9 Å². The van der Waals surface area contributed by atoms with E-state index in [1.807, 2.05) is 0 Å². The Morgan fingerprint density at radius 3 is 2.59 bits per heavy atom. The molecular formula is C10H21FN2O3S. The van der Waals surface area contributed by atoms with Gasteiger partial charge in [-0.2, -0.15) is 0 Å². The Labute approximate surface area is 106 Å².